The third kappa shape index (κ3) is 4.30. The number of ether oxygens (including phenoxy) is 2. The standard InChI is InChI=1S/C23H28N2O3/c1-17-6-2-3-7-19(17)15-24-23(26)16-25-11-4-8-20(25)18-9-10-21-22(14-18)28-13-5-12-27-21/h2-3,6-7,9-10,14,20H,4-5,8,11-13,15-16H2,1H3,(H,24,26)/t20-/m1/s1. The highest BCUT2D eigenvalue weighted by molar-refractivity contribution is 5.78. The molecule has 1 amide bonds. The largest absolute Gasteiger partial charge is 0.490 e. The van der Waals surface area contributed by atoms with E-state index in [1.807, 2.05) is 18.2 Å². The van der Waals surface area contributed by atoms with Crippen LogP contribution in [0.4, 0.5) is 0 Å². The molecule has 0 bridgehead atoms. The molecule has 2 aromatic carbocycles. The zero-order valence-electron chi connectivity index (χ0n) is 16.4. The molecular weight excluding hydrogens is 352 g/mol. The van der Waals surface area contributed by atoms with E-state index in [1.54, 1.807) is 0 Å². The van der Waals surface area contributed by atoms with Gasteiger partial charge in [0.05, 0.1) is 19.8 Å². The first kappa shape index (κ1) is 18.8. The normalized spacial score (nSPS) is 19.2. The number of rotatable bonds is 5. The summed E-state index contributed by atoms with van der Waals surface area (Å²) in [5.74, 6) is 1.72. The molecule has 28 heavy (non-hydrogen) atoms. The summed E-state index contributed by atoms with van der Waals surface area (Å²) in [7, 11) is 0. The molecule has 2 aliphatic heterocycles. The molecule has 1 N–H and O–H groups in total. The van der Waals surface area contributed by atoms with Crippen LogP contribution in [0.25, 0.3) is 0 Å². The molecule has 5 heteroatoms. The van der Waals surface area contributed by atoms with Crippen LogP contribution in [-0.4, -0.2) is 37.1 Å². The fourth-order valence-electron chi connectivity index (χ4n) is 4.02. The van der Waals surface area contributed by atoms with Crippen molar-refractivity contribution in [2.75, 3.05) is 26.3 Å². The first-order chi connectivity index (χ1) is 13.7. The van der Waals surface area contributed by atoms with Gasteiger partial charge in [-0.1, -0.05) is 30.3 Å². The second-order valence-corrected chi connectivity index (χ2v) is 7.59. The monoisotopic (exact) mass is 380 g/mol. The van der Waals surface area contributed by atoms with Crippen molar-refractivity contribution in [2.45, 2.75) is 38.8 Å². The van der Waals surface area contributed by atoms with Gasteiger partial charge in [-0.15, -0.1) is 0 Å². The predicted octanol–water partition coefficient (Wildman–Crippen LogP) is 3.61. The van der Waals surface area contributed by atoms with Gasteiger partial charge >= 0.3 is 0 Å². The first-order valence-corrected chi connectivity index (χ1v) is 10.2. The molecule has 2 aromatic rings. The molecular formula is C23H28N2O3. The maximum Gasteiger partial charge on any atom is 0.234 e. The number of likely N-dealkylation sites (tertiary alicyclic amines) is 1. The Labute approximate surface area is 166 Å². The van der Waals surface area contributed by atoms with E-state index >= 15 is 0 Å². The van der Waals surface area contributed by atoms with Crippen LogP contribution >= 0.6 is 0 Å². The van der Waals surface area contributed by atoms with E-state index in [0.29, 0.717) is 26.3 Å². The van der Waals surface area contributed by atoms with E-state index in [1.165, 1.54) is 11.1 Å². The highest BCUT2D eigenvalue weighted by Crippen LogP contribution is 2.37. The lowest BCUT2D eigenvalue weighted by Gasteiger charge is -2.25. The van der Waals surface area contributed by atoms with Crippen LogP contribution in [0.5, 0.6) is 11.5 Å². The van der Waals surface area contributed by atoms with Gasteiger partial charge in [-0.2, -0.15) is 0 Å². The van der Waals surface area contributed by atoms with Gasteiger partial charge in [0.25, 0.3) is 0 Å². The van der Waals surface area contributed by atoms with Gasteiger partial charge in [0.2, 0.25) is 5.91 Å². The fraction of sp³-hybridized carbons (Fsp3) is 0.435. The third-order valence-corrected chi connectivity index (χ3v) is 5.60. The van der Waals surface area contributed by atoms with Crippen LogP contribution in [0.3, 0.4) is 0 Å². The van der Waals surface area contributed by atoms with Crippen molar-refractivity contribution < 1.29 is 14.3 Å². The van der Waals surface area contributed by atoms with Crippen molar-refractivity contribution in [3.8, 4) is 11.5 Å². The second kappa shape index (κ2) is 8.65. The zero-order valence-corrected chi connectivity index (χ0v) is 16.4. The Bertz CT molecular complexity index is 836. The lowest BCUT2D eigenvalue weighted by Crippen LogP contribution is -2.36. The van der Waals surface area contributed by atoms with Crippen molar-refractivity contribution in [3.63, 3.8) is 0 Å². The number of aryl methyl sites for hydroxylation is 1. The molecule has 4 rings (SSSR count). The van der Waals surface area contributed by atoms with Crippen LogP contribution in [0, 0.1) is 6.92 Å². The van der Waals surface area contributed by atoms with Crippen LogP contribution < -0.4 is 14.8 Å². The Morgan fingerprint density at radius 1 is 1.11 bits per heavy atom. The summed E-state index contributed by atoms with van der Waals surface area (Å²) in [6.07, 6.45) is 3.07. The second-order valence-electron chi connectivity index (χ2n) is 7.59. The Kier molecular flexibility index (Phi) is 5.81. The summed E-state index contributed by atoms with van der Waals surface area (Å²) in [5.41, 5.74) is 3.57. The van der Waals surface area contributed by atoms with E-state index in [9.17, 15) is 4.79 Å². The smallest absolute Gasteiger partial charge is 0.234 e. The molecule has 1 atom stereocenters. The van der Waals surface area contributed by atoms with Gasteiger partial charge in [-0.25, -0.2) is 0 Å². The number of nitrogens with one attached hydrogen (secondary N) is 1. The maximum absolute atomic E-state index is 12.5. The molecule has 1 fully saturated rings. The summed E-state index contributed by atoms with van der Waals surface area (Å²) in [4.78, 5) is 14.8. The molecule has 2 heterocycles. The third-order valence-electron chi connectivity index (χ3n) is 5.60. The average molecular weight is 380 g/mol. The molecule has 0 saturated carbocycles. The van der Waals surface area contributed by atoms with Crippen molar-refractivity contribution >= 4 is 5.91 Å². The van der Waals surface area contributed by atoms with Crippen molar-refractivity contribution in [2.24, 2.45) is 0 Å². The quantitative estimate of drug-likeness (QED) is 0.861. The number of hydrogen-bond donors (Lipinski definition) is 1. The van der Waals surface area contributed by atoms with Crippen molar-refractivity contribution in [1.29, 1.82) is 0 Å². The minimum Gasteiger partial charge on any atom is -0.490 e. The average Bonchev–Trinajstić information content (AvgIpc) is 3.02. The Morgan fingerprint density at radius 3 is 2.79 bits per heavy atom. The number of fused-ring (bicyclic) bond motifs is 1. The number of hydrogen-bond acceptors (Lipinski definition) is 4. The SMILES string of the molecule is Cc1ccccc1CNC(=O)CN1CCC[C@@H]1c1ccc2c(c1)OCCCO2. The lowest BCUT2D eigenvalue weighted by molar-refractivity contribution is -0.122. The first-order valence-electron chi connectivity index (χ1n) is 10.2. The summed E-state index contributed by atoms with van der Waals surface area (Å²) in [6, 6.07) is 14.6. The van der Waals surface area contributed by atoms with E-state index < -0.39 is 0 Å². The van der Waals surface area contributed by atoms with Gasteiger partial charge < -0.3 is 14.8 Å². The molecule has 0 spiro atoms. The van der Waals surface area contributed by atoms with Gasteiger partial charge in [-0.3, -0.25) is 9.69 Å². The van der Waals surface area contributed by atoms with Crippen molar-refractivity contribution in [1.82, 2.24) is 10.2 Å². The van der Waals surface area contributed by atoms with Crippen molar-refractivity contribution in [3.05, 3.63) is 59.2 Å². The minimum atomic E-state index is 0.0736. The number of nitrogens with zero attached hydrogens (tertiary/aromatic N) is 1. The van der Waals surface area contributed by atoms with E-state index in [4.69, 9.17) is 9.47 Å². The molecule has 2 aliphatic rings. The highest BCUT2D eigenvalue weighted by atomic mass is 16.5. The Balaban J connectivity index is 1.39. The van der Waals surface area contributed by atoms with E-state index in [2.05, 4.69) is 41.4 Å². The number of benzene rings is 2. The molecule has 5 nitrogen and oxygen atoms in total. The van der Waals surface area contributed by atoms with E-state index in [-0.39, 0.29) is 11.9 Å². The number of amides is 1. The molecule has 1 saturated heterocycles. The van der Waals surface area contributed by atoms with Gasteiger partial charge in [0, 0.05) is 19.0 Å². The summed E-state index contributed by atoms with van der Waals surface area (Å²) in [5, 5.41) is 3.07. The van der Waals surface area contributed by atoms with Gasteiger partial charge in [0.15, 0.2) is 11.5 Å². The summed E-state index contributed by atoms with van der Waals surface area (Å²) in [6.45, 7) is 5.40. The molecule has 0 aliphatic carbocycles. The van der Waals surface area contributed by atoms with Crippen LogP contribution in [0.15, 0.2) is 42.5 Å². The predicted molar refractivity (Wildman–Crippen MR) is 109 cm³/mol. The minimum absolute atomic E-state index is 0.0736. The topological polar surface area (TPSA) is 50.8 Å². The van der Waals surface area contributed by atoms with Crippen LogP contribution in [-0.2, 0) is 11.3 Å². The molecule has 0 radical (unpaired) electrons. The van der Waals surface area contributed by atoms with Crippen LogP contribution in [0.2, 0.25) is 0 Å². The fourth-order valence-corrected chi connectivity index (χ4v) is 4.02. The van der Waals surface area contributed by atoms with Gasteiger partial charge in [0.1, 0.15) is 0 Å². The zero-order chi connectivity index (χ0) is 19.3. The number of carbonyl (C=O) groups excluding carboxylic acids is 1. The highest BCUT2D eigenvalue weighted by Gasteiger charge is 2.28. The summed E-state index contributed by atoms with van der Waals surface area (Å²) >= 11 is 0. The van der Waals surface area contributed by atoms with E-state index in [0.717, 1.165) is 42.9 Å². The molecule has 148 valence electrons. The Morgan fingerprint density at radius 2 is 1.93 bits per heavy atom. The summed E-state index contributed by atoms with van der Waals surface area (Å²) < 4.78 is 11.6. The van der Waals surface area contributed by atoms with Crippen LogP contribution in [0.1, 0.15) is 42.0 Å². The van der Waals surface area contributed by atoms with Gasteiger partial charge in [-0.05, 0) is 55.1 Å². The lowest BCUT2D eigenvalue weighted by atomic mass is 10.0. The number of carbonyl (C=O) groups is 1. The molecule has 0 unspecified atom stereocenters. The molecule has 0 aromatic heterocycles. The Hall–Kier alpha value is -2.53. The maximum atomic E-state index is 12.5.